The number of ether oxygens (including phenoxy) is 1. The number of benzene rings is 1. The van der Waals surface area contributed by atoms with Gasteiger partial charge in [0.15, 0.2) is 0 Å². The molecule has 98 valence electrons. The minimum Gasteiger partial charge on any atom is -0.375 e. The van der Waals surface area contributed by atoms with Gasteiger partial charge in [0.1, 0.15) is 5.82 Å². The van der Waals surface area contributed by atoms with E-state index in [9.17, 15) is 4.39 Å². The number of nitrogens with one attached hydrogen (secondary N) is 1. The number of hydrogen-bond donors (Lipinski definition) is 1. The Morgan fingerprint density at radius 1 is 1.44 bits per heavy atom. The summed E-state index contributed by atoms with van der Waals surface area (Å²) in [5, 5.41) is 12.1. The Balaban J connectivity index is 2.59. The fourth-order valence-corrected chi connectivity index (χ4v) is 1.76. The van der Waals surface area contributed by atoms with E-state index >= 15 is 0 Å². The fraction of sp³-hybridized carbons (Fsp3) is 0.500. The summed E-state index contributed by atoms with van der Waals surface area (Å²) in [4.78, 5) is 0. The van der Waals surface area contributed by atoms with Crippen LogP contribution in [0.15, 0.2) is 18.2 Å². The molecule has 0 aliphatic rings. The first kappa shape index (κ1) is 14.6. The SMILES string of the molecule is CCOC(C)(C)CNCc1cc(F)ccc1C#N. The van der Waals surface area contributed by atoms with Gasteiger partial charge in [0.2, 0.25) is 0 Å². The van der Waals surface area contributed by atoms with Crippen molar-refractivity contribution in [1.82, 2.24) is 5.32 Å². The Morgan fingerprint density at radius 2 is 2.17 bits per heavy atom. The fourth-order valence-electron chi connectivity index (χ4n) is 1.76. The minimum atomic E-state index is -0.324. The van der Waals surface area contributed by atoms with Gasteiger partial charge in [-0.25, -0.2) is 4.39 Å². The molecule has 1 aromatic carbocycles. The molecule has 0 fully saturated rings. The highest BCUT2D eigenvalue weighted by Crippen LogP contribution is 2.11. The van der Waals surface area contributed by atoms with Crippen LogP contribution in [0, 0.1) is 17.1 Å². The van der Waals surface area contributed by atoms with E-state index in [2.05, 4.69) is 11.4 Å². The first-order valence-corrected chi connectivity index (χ1v) is 6.01. The van der Waals surface area contributed by atoms with Crippen molar-refractivity contribution in [3.63, 3.8) is 0 Å². The van der Waals surface area contributed by atoms with Gasteiger partial charge in [-0.05, 0) is 44.5 Å². The molecule has 0 aliphatic heterocycles. The molecule has 3 nitrogen and oxygen atoms in total. The summed E-state index contributed by atoms with van der Waals surface area (Å²) in [5.41, 5.74) is 0.900. The Kier molecular flexibility index (Phi) is 5.26. The highest BCUT2D eigenvalue weighted by atomic mass is 19.1. The lowest BCUT2D eigenvalue weighted by molar-refractivity contribution is -0.00897. The summed E-state index contributed by atoms with van der Waals surface area (Å²) in [7, 11) is 0. The first-order chi connectivity index (χ1) is 8.48. The Bertz CT molecular complexity index is 438. The van der Waals surface area contributed by atoms with Crippen LogP contribution in [0.1, 0.15) is 31.9 Å². The quantitative estimate of drug-likeness (QED) is 0.844. The largest absolute Gasteiger partial charge is 0.375 e. The standard InChI is InChI=1S/C14H19FN2O/c1-4-18-14(2,3)10-17-9-12-7-13(15)6-5-11(12)8-16/h5-7,17H,4,9-10H2,1-3H3. The maximum Gasteiger partial charge on any atom is 0.123 e. The highest BCUT2D eigenvalue weighted by Gasteiger charge is 2.16. The monoisotopic (exact) mass is 250 g/mol. The van der Waals surface area contributed by atoms with Crippen LogP contribution in [0.5, 0.6) is 0 Å². The number of rotatable bonds is 6. The number of nitriles is 1. The van der Waals surface area contributed by atoms with Gasteiger partial charge in [0.25, 0.3) is 0 Å². The van der Waals surface area contributed by atoms with Crippen LogP contribution >= 0.6 is 0 Å². The molecular weight excluding hydrogens is 231 g/mol. The molecule has 0 aromatic heterocycles. The summed E-state index contributed by atoms with van der Waals surface area (Å²) >= 11 is 0. The van der Waals surface area contributed by atoms with Crippen LogP contribution in [0.25, 0.3) is 0 Å². The van der Waals surface area contributed by atoms with Crippen molar-refractivity contribution in [2.75, 3.05) is 13.2 Å². The molecular formula is C14H19FN2O. The van der Waals surface area contributed by atoms with Crippen molar-refractivity contribution >= 4 is 0 Å². The zero-order valence-corrected chi connectivity index (χ0v) is 11.1. The molecule has 0 saturated heterocycles. The highest BCUT2D eigenvalue weighted by molar-refractivity contribution is 5.37. The van der Waals surface area contributed by atoms with Gasteiger partial charge >= 0.3 is 0 Å². The van der Waals surface area contributed by atoms with Gasteiger partial charge in [-0.2, -0.15) is 5.26 Å². The average Bonchev–Trinajstić information content (AvgIpc) is 2.29. The molecule has 18 heavy (non-hydrogen) atoms. The molecule has 0 spiro atoms. The van der Waals surface area contributed by atoms with E-state index in [1.165, 1.54) is 18.2 Å². The predicted molar refractivity (Wildman–Crippen MR) is 68.5 cm³/mol. The zero-order chi connectivity index (χ0) is 13.6. The minimum absolute atomic E-state index is 0.269. The van der Waals surface area contributed by atoms with E-state index in [0.717, 1.165) is 0 Å². The number of halogens is 1. The smallest absolute Gasteiger partial charge is 0.123 e. The van der Waals surface area contributed by atoms with Crippen LogP contribution in [0.2, 0.25) is 0 Å². The van der Waals surface area contributed by atoms with E-state index in [4.69, 9.17) is 10.00 Å². The normalized spacial score (nSPS) is 11.3. The molecule has 0 bridgehead atoms. The second kappa shape index (κ2) is 6.48. The molecule has 0 aliphatic carbocycles. The van der Waals surface area contributed by atoms with E-state index in [1.54, 1.807) is 0 Å². The summed E-state index contributed by atoms with van der Waals surface area (Å²) in [6.45, 7) is 7.67. The molecule has 0 saturated carbocycles. The van der Waals surface area contributed by atoms with Crippen molar-refractivity contribution in [3.8, 4) is 6.07 Å². The lowest BCUT2D eigenvalue weighted by Gasteiger charge is -2.25. The molecule has 1 aromatic rings. The van der Waals surface area contributed by atoms with Crippen LogP contribution in [0.4, 0.5) is 4.39 Å². The first-order valence-electron chi connectivity index (χ1n) is 6.01. The molecule has 0 atom stereocenters. The van der Waals surface area contributed by atoms with Gasteiger partial charge in [-0.15, -0.1) is 0 Å². The number of hydrogen-bond acceptors (Lipinski definition) is 3. The topological polar surface area (TPSA) is 45.0 Å². The van der Waals surface area contributed by atoms with Gasteiger partial charge < -0.3 is 10.1 Å². The van der Waals surface area contributed by atoms with Gasteiger partial charge in [0, 0.05) is 19.7 Å². The van der Waals surface area contributed by atoms with Crippen LogP contribution in [-0.2, 0) is 11.3 Å². The molecule has 0 heterocycles. The lowest BCUT2D eigenvalue weighted by Crippen LogP contribution is -2.37. The molecule has 0 amide bonds. The van der Waals surface area contributed by atoms with E-state index in [-0.39, 0.29) is 11.4 Å². The summed E-state index contributed by atoms with van der Waals surface area (Å²) < 4.78 is 18.6. The number of nitrogens with zero attached hydrogens (tertiary/aromatic N) is 1. The van der Waals surface area contributed by atoms with Crippen LogP contribution < -0.4 is 5.32 Å². The van der Waals surface area contributed by atoms with E-state index in [1.807, 2.05) is 20.8 Å². The Hall–Kier alpha value is -1.44. The second-order valence-electron chi connectivity index (χ2n) is 4.71. The summed E-state index contributed by atoms with van der Waals surface area (Å²) in [6.07, 6.45) is 0. The van der Waals surface area contributed by atoms with Gasteiger partial charge in [-0.3, -0.25) is 0 Å². The average molecular weight is 250 g/mol. The summed E-state index contributed by atoms with van der Waals surface area (Å²) in [6, 6.07) is 6.24. The maximum atomic E-state index is 13.1. The van der Waals surface area contributed by atoms with Crippen molar-refractivity contribution in [2.45, 2.75) is 32.9 Å². The Morgan fingerprint density at radius 3 is 2.78 bits per heavy atom. The van der Waals surface area contributed by atoms with Crippen LogP contribution in [0.3, 0.4) is 0 Å². The van der Waals surface area contributed by atoms with Crippen molar-refractivity contribution < 1.29 is 9.13 Å². The van der Waals surface area contributed by atoms with E-state index < -0.39 is 0 Å². The predicted octanol–water partition coefficient (Wildman–Crippen LogP) is 2.60. The Labute approximate surface area is 108 Å². The third-order valence-corrected chi connectivity index (χ3v) is 2.59. The molecule has 0 radical (unpaired) electrons. The third kappa shape index (κ3) is 4.44. The molecule has 4 heteroatoms. The third-order valence-electron chi connectivity index (χ3n) is 2.59. The molecule has 1 rings (SSSR count). The zero-order valence-electron chi connectivity index (χ0n) is 11.1. The van der Waals surface area contributed by atoms with Gasteiger partial charge in [0.05, 0.1) is 17.2 Å². The van der Waals surface area contributed by atoms with Crippen molar-refractivity contribution in [3.05, 3.63) is 35.1 Å². The second-order valence-corrected chi connectivity index (χ2v) is 4.71. The van der Waals surface area contributed by atoms with Crippen molar-refractivity contribution in [1.29, 1.82) is 5.26 Å². The van der Waals surface area contributed by atoms with Crippen LogP contribution in [-0.4, -0.2) is 18.8 Å². The lowest BCUT2D eigenvalue weighted by atomic mass is 10.1. The van der Waals surface area contributed by atoms with E-state index in [0.29, 0.717) is 30.8 Å². The maximum absolute atomic E-state index is 13.1. The molecule has 0 unspecified atom stereocenters. The van der Waals surface area contributed by atoms with Gasteiger partial charge in [-0.1, -0.05) is 0 Å². The molecule has 1 N–H and O–H groups in total. The van der Waals surface area contributed by atoms with Crippen molar-refractivity contribution in [2.24, 2.45) is 0 Å². The summed E-state index contributed by atoms with van der Waals surface area (Å²) in [5.74, 6) is -0.324.